The van der Waals surface area contributed by atoms with E-state index >= 15 is 0 Å². The zero-order valence-corrected chi connectivity index (χ0v) is 8.17. The number of aryl methyl sites for hydroxylation is 1. The van der Waals surface area contributed by atoms with Gasteiger partial charge in [-0.15, -0.1) is 0 Å². The van der Waals surface area contributed by atoms with E-state index in [1.807, 2.05) is 7.05 Å². The Morgan fingerprint density at radius 3 is 3.15 bits per heavy atom. The van der Waals surface area contributed by atoms with Gasteiger partial charge in [-0.1, -0.05) is 0 Å². The standard InChI is InChI=1S/C9H16N2O2/c1-10-6-8-7-13-9(11-8)4-3-5-12-2/h7,10H,3-6H2,1-2H3. The predicted octanol–water partition coefficient (Wildman–Crippen LogP) is 0.973. The number of nitrogens with zero attached hydrogens (tertiary/aromatic N) is 1. The third kappa shape index (κ3) is 3.57. The molecule has 0 aromatic carbocycles. The zero-order valence-electron chi connectivity index (χ0n) is 8.17. The largest absolute Gasteiger partial charge is 0.449 e. The number of ether oxygens (including phenoxy) is 1. The van der Waals surface area contributed by atoms with Crippen LogP contribution in [0.3, 0.4) is 0 Å². The molecule has 4 heteroatoms. The van der Waals surface area contributed by atoms with Crippen molar-refractivity contribution >= 4 is 0 Å². The maximum Gasteiger partial charge on any atom is 0.194 e. The molecule has 0 atom stereocenters. The van der Waals surface area contributed by atoms with Crippen LogP contribution in [0.2, 0.25) is 0 Å². The summed E-state index contributed by atoms with van der Waals surface area (Å²) in [7, 11) is 3.58. The number of oxazole rings is 1. The molecule has 0 aliphatic rings. The smallest absolute Gasteiger partial charge is 0.194 e. The van der Waals surface area contributed by atoms with Gasteiger partial charge in [0, 0.05) is 26.7 Å². The van der Waals surface area contributed by atoms with E-state index in [-0.39, 0.29) is 0 Å². The Morgan fingerprint density at radius 1 is 1.62 bits per heavy atom. The lowest BCUT2D eigenvalue weighted by Gasteiger charge is -1.94. The summed E-state index contributed by atoms with van der Waals surface area (Å²) in [6, 6.07) is 0. The molecule has 13 heavy (non-hydrogen) atoms. The Morgan fingerprint density at radius 2 is 2.46 bits per heavy atom. The van der Waals surface area contributed by atoms with Crippen LogP contribution in [-0.2, 0) is 17.7 Å². The van der Waals surface area contributed by atoms with Gasteiger partial charge < -0.3 is 14.5 Å². The molecule has 0 aliphatic carbocycles. The maximum atomic E-state index is 5.26. The van der Waals surface area contributed by atoms with E-state index in [1.54, 1.807) is 13.4 Å². The second-order valence-electron chi connectivity index (χ2n) is 2.86. The van der Waals surface area contributed by atoms with Gasteiger partial charge in [-0.25, -0.2) is 4.98 Å². The minimum Gasteiger partial charge on any atom is -0.449 e. The van der Waals surface area contributed by atoms with Crippen LogP contribution < -0.4 is 5.32 Å². The van der Waals surface area contributed by atoms with Crippen molar-refractivity contribution in [2.24, 2.45) is 0 Å². The highest BCUT2D eigenvalue weighted by Gasteiger charge is 2.01. The van der Waals surface area contributed by atoms with Crippen LogP contribution in [0.4, 0.5) is 0 Å². The molecule has 0 spiro atoms. The molecule has 0 fully saturated rings. The number of hydrogen-bond acceptors (Lipinski definition) is 4. The summed E-state index contributed by atoms with van der Waals surface area (Å²) in [5, 5.41) is 3.02. The number of nitrogens with one attached hydrogen (secondary N) is 1. The van der Waals surface area contributed by atoms with Crippen molar-refractivity contribution in [3.05, 3.63) is 17.8 Å². The number of rotatable bonds is 6. The summed E-state index contributed by atoms with van der Waals surface area (Å²) in [4.78, 5) is 4.29. The highest BCUT2D eigenvalue weighted by molar-refractivity contribution is 4.95. The molecule has 4 nitrogen and oxygen atoms in total. The molecule has 0 amide bonds. The quantitative estimate of drug-likeness (QED) is 0.669. The molecular weight excluding hydrogens is 168 g/mol. The van der Waals surface area contributed by atoms with E-state index in [0.717, 1.165) is 37.6 Å². The summed E-state index contributed by atoms with van der Waals surface area (Å²) in [6.07, 6.45) is 3.49. The first-order chi connectivity index (χ1) is 6.36. The monoisotopic (exact) mass is 184 g/mol. The van der Waals surface area contributed by atoms with Gasteiger partial charge in [0.15, 0.2) is 5.89 Å². The Labute approximate surface area is 78.3 Å². The second kappa shape index (κ2) is 5.72. The van der Waals surface area contributed by atoms with Gasteiger partial charge in [-0.05, 0) is 13.5 Å². The fourth-order valence-electron chi connectivity index (χ4n) is 1.09. The Hall–Kier alpha value is -0.870. The molecular formula is C9H16N2O2. The lowest BCUT2D eigenvalue weighted by Crippen LogP contribution is -2.05. The van der Waals surface area contributed by atoms with E-state index < -0.39 is 0 Å². The normalized spacial score (nSPS) is 10.6. The first-order valence-corrected chi connectivity index (χ1v) is 4.43. The summed E-state index contributed by atoms with van der Waals surface area (Å²) in [5.41, 5.74) is 0.954. The van der Waals surface area contributed by atoms with Crippen LogP contribution in [0.1, 0.15) is 18.0 Å². The van der Waals surface area contributed by atoms with E-state index in [2.05, 4.69) is 10.3 Å². The highest BCUT2D eigenvalue weighted by Crippen LogP contribution is 2.04. The van der Waals surface area contributed by atoms with E-state index in [1.165, 1.54) is 0 Å². The third-order valence-electron chi connectivity index (χ3n) is 1.70. The van der Waals surface area contributed by atoms with Crippen molar-refractivity contribution in [3.63, 3.8) is 0 Å². The Bertz CT molecular complexity index is 235. The Balaban J connectivity index is 2.31. The van der Waals surface area contributed by atoms with Gasteiger partial charge in [-0.2, -0.15) is 0 Å². The molecule has 1 N–H and O–H groups in total. The lowest BCUT2D eigenvalue weighted by molar-refractivity contribution is 0.193. The van der Waals surface area contributed by atoms with Crippen LogP contribution in [0, 0.1) is 0 Å². The van der Waals surface area contributed by atoms with Gasteiger partial charge >= 0.3 is 0 Å². The zero-order chi connectivity index (χ0) is 9.52. The maximum absolute atomic E-state index is 5.26. The van der Waals surface area contributed by atoms with Crippen LogP contribution in [0.5, 0.6) is 0 Å². The molecule has 1 aromatic heterocycles. The fraction of sp³-hybridized carbons (Fsp3) is 0.667. The number of methoxy groups -OCH3 is 1. The summed E-state index contributed by atoms with van der Waals surface area (Å²) >= 11 is 0. The molecule has 0 bridgehead atoms. The lowest BCUT2D eigenvalue weighted by atomic mass is 10.3. The molecule has 1 rings (SSSR count). The Kier molecular flexibility index (Phi) is 4.49. The molecule has 1 heterocycles. The highest BCUT2D eigenvalue weighted by atomic mass is 16.5. The third-order valence-corrected chi connectivity index (χ3v) is 1.70. The van der Waals surface area contributed by atoms with Crippen LogP contribution in [0.15, 0.2) is 10.7 Å². The average molecular weight is 184 g/mol. The SMILES string of the molecule is CNCc1coc(CCCOC)n1. The molecule has 0 saturated heterocycles. The van der Waals surface area contributed by atoms with Gasteiger partial charge in [-0.3, -0.25) is 0 Å². The van der Waals surface area contributed by atoms with Crippen molar-refractivity contribution in [1.29, 1.82) is 0 Å². The molecule has 74 valence electrons. The topological polar surface area (TPSA) is 47.3 Å². The van der Waals surface area contributed by atoms with Crippen LogP contribution >= 0.6 is 0 Å². The molecule has 0 aliphatic heterocycles. The van der Waals surface area contributed by atoms with Crippen molar-refractivity contribution in [3.8, 4) is 0 Å². The van der Waals surface area contributed by atoms with Crippen molar-refractivity contribution in [1.82, 2.24) is 10.3 Å². The van der Waals surface area contributed by atoms with E-state index in [0.29, 0.717) is 0 Å². The van der Waals surface area contributed by atoms with Crippen molar-refractivity contribution < 1.29 is 9.15 Å². The first kappa shape index (κ1) is 10.2. The molecule has 0 saturated carbocycles. The molecule has 0 unspecified atom stereocenters. The van der Waals surface area contributed by atoms with Crippen LogP contribution in [0.25, 0.3) is 0 Å². The van der Waals surface area contributed by atoms with Crippen molar-refractivity contribution in [2.45, 2.75) is 19.4 Å². The van der Waals surface area contributed by atoms with E-state index in [9.17, 15) is 0 Å². The first-order valence-electron chi connectivity index (χ1n) is 4.43. The van der Waals surface area contributed by atoms with Gasteiger partial charge in [0.2, 0.25) is 0 Å². The number of hydrogen-bond donors (Lipinski definition) is 1. The van der Waals surface area contributed by atoms with Gasteiger partial charge in [0.1, 0.15) is 6.26 Å². The fourth-order valence-corrected chi connectivity index (χ4v) is 1.09. The molecule has 1 aromatic rings. The minimum atomic E-state index is 0.754. The average Bonchev–Trinajstić information content (AvgIpc) is 2.54. The van der Waals surface area contributed by atoms with Crippen LogP contribution in [-0.4, -0.2) is 25.7 Å². The van der Waals surface area contributed by atoms with Crippen molar-refractivity contribution in [2.75, 3.05) is 20.8 Å². The summed E-state index contributed by atoms with van der Waals surface area (Å²) < 4.78 is 10.2. The van der Waals surface area contributed by atoms with Gasteiger partial charge in [0.25, 0.3) is 0 Å². The molecule has 0 radical (unpaired) electrons. The predicted molar refractivity (Wildman–Crippen MR) is 49.5 cm³/mol. The van der Waals surface area contributed by atoms with Gasteiger partial charge in [0.05, 0.1) is 5.69 Å². The number of aromatic nitrogens is 1. The summed E-state index contributed by atoms with van der Waals surface area (Å²) in [5.74, 6) is 0.794. The summed E-state index contributed by atoms with van der Waals surface area (Å²) in [6.45, 7) is 1.51. The minimum absolute atomic E-state index is 0.754. The second-order valence-corrected chi connectivity index (χ2v) is 2.86. The van der Waals surface area contributed by atoms with E-state index in [4.69, 9.17) is 9.15 Å².